The molecule has 3 aromatic rings. The lowest BCUT2D eigenvalue weighted by molar-refractivity contribution is -0.137. The van der Waals surface area contributed by atoms with Crippen molar-refractivity contribution < 1.29 is 17.6 Å². The van der Waals surface area contributed by atoms with Crippen LogP contribution in [0, 0.1) is 5.82 Å². The Kier molecular flexibility index (Phi) is 4.30. The van der Waals surface area contributed by atoms with E-state index in [1.807, 2.05) is 0 Å². The second-order valence-electron chi connectivity index (χ2n) is 5.39. The van der Waals surface area contributed by atoms with Crippen molar-refractivity contribution in [2.24, 2.45) is 5.73 Å². The van der Waals surface area contributed by atoms with Gasteiger partial charge in [0.25, 0.3) is 5.56 Å². The first-order chi connectivity index (χ1) is 11.8. The minimum absolute atomic E-state index is 0.0408. The largest absolute Gasteiger partial charge is 0.416 e. The number of aromatic nitrogens is 2. The fourth-order valence-corrected chi connectivity index (χ4v) is 2.62. The summed E-state index contributed by atoms with van der Waals surface area (Å²) in [4.78, 5) is 17.0. The van der Waals surface area contributed by atoms with Gasteiger partial charge in [-0.1, -0.05) is 12.1 Å². The lowest BCUT2D eigenvalue weighted by Gasteiger charge is -2.15. The molecular weight excluding hydrogens is 338 g/mol. The summed E-state index contributed by atoms with van der Waals surface area (Å²) in [5.74, 6) is -0.611. The van der Waals surface area contributed by atoms with E-state index in [1.165, 1.54) is 24.3 Å². The van der Waals surface area contributed by atoms with Gasteiger partial charge >= 0.3 is 6.18 Å². The highest BCUT2D eigenvalue weighted by Gasteiger charge is 2.30. The number of halogens is 4. The van der Waals surface area contributed by atoms with E-state index in [0.717, 1.165) is 22.8 Å². The number of hydrogen-bond acceptors (Lipinski definition) is 3. The second kappa shape index (κ2) is 6.29. The van der Waals surface area contributed by atoms with E-state index in [-0.39, 0.29) is 35.4 Å². The van der Waals surface area contributed by atoms with Crippen LogP contribution in [0.3, 0.4) is 0 Å². The minimum Gasteiger partial charge on any atom is -0.330 e. The number of fused-ring (bicyclic) bond motifs is 1. The van der Waals surface area contributed by atoms with E-state index in [4.69, 9.17) is 5.73 Å². The van der Waals surface area contributed by atoms with E-state index < -0.39 is 23.1 Å². The number of hydrogen-bond donors (Lipinski definition) is 1. The number of alkyl halides is 3. The van der Waals surface area contributed by atoms with Gasteiger partial charge < -0.3 is 5.73 Å². The van der Waals surface area contributed by atoms with Crippen LogP contribution in [0.25, 0.3) is 16.6 Å². The average molecular weight is 351 g/mol. The summed E-state index contributed by atoms with van der Waals surface area (Å²) in [6, 6.07) is 8.22. The van der Waals surface area contributed by atoms with Gasteiger partial charge in [-0.05, 0) is 36.9 Å². The molecule has 0 bridgehead atoms. The SMILES string of the molecule is NCCc1nc2cccc(F)c2c(=O)n1-c1cccc(C(F)(F)F)c1. The molecule has 0 aliphatic rings. The van der Waals surface area contributed by atoms with E-state index >= 15 is 0 Å². The smallest absolute Gasteiger partial charge is 0.330 e. The van der Waals surface area contributed by atoms with Gasteiger partial charge in [0.15, 0.2) is 0 Å². The van der Waals surface area contributed by atoms with Crippen LogP contribution >= 0.6 is 0 Å². The second-order valence-corrected chi connectivity index (χ2v) is 5.39. The fourth-order valence-electron chi connectivity index (χ4n) is 2.62. The quantitative estimate of drug-likeness (QED) is 0.738. The first kappa shape index (κ1) is 17.1. The Bertz CT molecular complexity index is 995. The third kappa shape index (κ3) is 3.12. The summed E-state index contributed by atoms with van der Waals surface area (Å²) in [6.45, 7) is 0.131. The monoisotopic (exact) mass is 351 g/mol. The Hall–Kier alpha value is -2.74. The molecule has 0 spiro atoms. The average Bonchev–Trinajstić information content (AvgIpc) is 2.54. The van der Waals surface area contributed by atoms with Crippen LogP contribution in [0.2, 0.25) is 0 Å². The molecular formula is C17H13F4N3O. The highest BCUT2D eigenvalue weighted by Crippen LogP contribution is 2.30. The van der Waals surface area contributed by atoms with Gasteiger partial charge in [-0.2, -0.15) is 13.2 Å². The maximum Gasteiger partial charge on any atom is 0.416 e. The van der Waals surface area contributed by atoms with E-state index in [1.54, 1.807) is 0 Å². The summed E-state index contributed by atoms with van der Waals surface area (Å²) in [5.41, 5.74) is 3.93. The highest BCUT2D eigenvalue weighted by atomic mass is 19.4. The van der Waals surface area contributed by atoms with E-state index in [0.29, 0.717) is 0 Å². The van der Waals surface area contributed by atoms with Crippen molar-refractivity contribution in [1.82, 2.24) is 9.55 Å². The third-order valence-corrected chi connectivity index (χ3v) is 3.72. The highest BCUT2D eigenvalue weighted by molar-refractivity contribution is 5.78. The summed E-state index contributed by atoms with van der Waals surface area (Å²) >= 11 is 0. The van der Waals surface area contributed by atoms with Crippen LogP contribution in [0.1, 0.15) is 11.4 Å². The predicted molar refractivity (Wildman–Crippen MR) is 85.1 cm³/mol. The summed E-state index contributed by atoms with van der Waals surface area (Å²) in [6.07, 6.45) is -4.42. The van der Waals surface area contributed by atoms with Crippen LogP contribution in [-0.4, -0.2) is 16.1 Å². The first-order valence-corrected chi connectivity index (χ1v) is 7.41. The zero-order chi connectivity index (χ0) is 18.2. The zero-order valence-electron chi connectivity index (χ0n) is 12.8. The predicted octanol–water partition coefficient (Wildman–Crippen LogP) is 3.04. The number of nitrogens with zero attached hydrogens (tertiary/aromatic N) is 2. The molecule has 0 radical (unpaired) electrons. The first-order valence-electron chi connectivity index (χ1n) is 7.41. The van der Waals surface area contributed by atoms with Gasteiger partial charge in [-0.3, -0.25) is 9.36 Å². The van der Waals surface area contributed by atoms with Crippen molar-refractivity contribution in [3.05, 3.63) is 70.0 Å². The Morgan fingerprint density at radius 2 is 1.84 bits per heavy atom. The van der Waals surface area contributed by atoms with E-state index in [9.17, 15) is 22.4 Å². The molecule has 8 heteroatoms. The molecule has 130 valence electrons. The van der Waals surface area contributed by atoms with Gasteiger partial charge in [0.2, 0.25) is 0 Å². The molecule has 2 N–H and O–H groups in total. The number of nitrogens with two attached hydrogens (primary N) is 1. The minimum atomic E-state index is -4.57. The van der Waals surface area contributed by atoms with Crippen molar-refractivity contribution in [3.8, 4) is 5.69 Å². The molecule has 0 saturated heterocycles. The molecule has 0 aliphatic carbocycles. The molecule has 0 amide bonds. The van der Waals surface area contributed by atoms with Crippen molar-refractivity contribution in [3.63, 3.8) is 0 Å². The van der Waals surface area contributed by atoms with Crippen LogP contribution in [0.15, 0.2) is 47.3 Å². The number of benzene rings is 2. The topological polar surface area (TPSA) is 60.9 Å². The van der Waals surface area contributed by atoms with Gasteiger partial charge in [-0.15, -0.1) is 0 Å². The number of rotatable bonds is 3. The molecule has 0 saturated carbocycles. The Morgan fingerprint density at radius 3 is 2.52 bits per heavy atom. The zero-order valence-corrected chi connectivity index (χ0v) is 12.8. The molecule has 1 heterocycles. The molecule has 0 aliphatic heterocycles. The Morgan fingerprint density at radius 1 is 1.12 bits per heavy atom. The molecule has 4 nitrogen and oxygen atoms in total. The molecule has 3 rings (SSSR count). The summed E-state index contributed by atoms with van der Waals surface area (Å²) in [5, 5.41) is -0.277. The van der Waals surface area contributed by atoms with Crippen LogP contribution in [-0.2, 0) is 12.6 Å². The van der Waals surface area contributed by atoms with Crippen molar-refractivity contribution in [2.45, 2.75) is 12.6 Å². The van der Waals surface area contributed by atoms with Crippen LogP contribution < -0.4 is 11.3 Å². The van der Waals surface area contributed by atoms with Gasteiger partial charge in [0, 0.05) is 6.42 Å². The standard InChI is InChI=1S/C17H13F4N3O/c18-12-5-2-6-13-15(12)16(25)24(14(23-13)7-8-22)11-4-1-3-10(9-11)17(19,20)21/h1-6,9H,7-8,22H2. The van der Waals surface area contributed by atoms with E-state index in [2.05, 4.69) is 4.98 Å². The third-order valence-electron chi connectivity index (χ3n) is 3.72. The van der Waals surface area contributed by atoms with Crippen molar-refractivity contribution in [2.75, 3.05) is 6.54 Å². The van der Waals surface area contributed by atoms with Gasteiger partial charge in [-0.25, -0.2) is 9.37 Å². The fraction of sp³-hybridized carbons (Fsp3) is 0.176. The molecule has 2 aromatic carbocycles. The van der Waals surface area contributed by atoms with Crippen molar-refractivity contribution in [1.29, 1.82) is 0 Å². The summed E-state index contributed by atoms with van der Waals surface area (Å²) < 4.78 is 54.0. The molecule has 0 unspecified atom stereocenters. The van der Waals surface area contributed by atoms with Crippen molar-refractivity contribution >= 4 is 10.9 Å². The van der Waals surface area contributed by atoms with Crippen LogP contribution in [0.4, 0.5) is 17.6 Å². The molecule has 0 atom stereocenters. The van der Waals surface area contributed by atoms with Gasteiger partial charge in [0.05, 0.1) is 16.8 Å². The molecule has 0 fully saturated rings. The lowest BCUT2D eigenvalue weighted by atomic mass is 10.1. The maximum atomic E-state index is 14.1. The molecule has 25 heavy (non-hydrogen) atoms. The van der Waals surface area contributed by atoms with Crippen LogP contribution in [0.5, 0.6) is 0 Å². The Labute approximate surface area is 139 Å². The molecule has 1 aromatic heterocycles. The Balaban J connectivity index is 2.35. The van der Waals surface area contributed by atoms with Gasteiger partial charge in [0.1, 0.15) is 17.0 Å². The summed E-state index contributed by atoms with van der Waals surface area (Å²) in [7, 11) is 0. The normalized spacial score (nSPS) is 11.9. The lowest BCUT2D eigenvalue weighted by Crippen LogP contribution is -2.26. The maximum absolute atomic E-state index is 14.1.